The molecule has 1 aromatic rings. The summed E-state index contributed by atoms with van der Waals surface area (Å²) in [5, 5.41) is 3.38. The lowest BCUT2D eigenvalue weighted by Gasteiger charge is -2.35. The van der Waals surface area contributed by atoms with Crippen molar-refractivity contribution in [1.82, 2.24) is 10.2 Å². The highest BCUT2D eigenvalue weighted by Gasteiger charge is 2.27. The van der Waals surface area contributed by atoms with Crippen molar-refractivity contribution in [2.75, 3.05) is 68.8 Å². The van der Waals surface area contributed by atoms with E-state index in [1.165, 1.54) is 24.9 Å². The first kappa shape index (κ1) is 16.7. The maximum Gasteiger partial charge on any atom is 0.265 e. The summed E-state index contributed by atoms with van der Waals surface area (Å²) >= 11 is 0. The molecule has 0 radical (unpaired) electrons. The van der Waals surface area contributed by atoms with Crippen molar-refractivity contribution < 1.29 is 9.53 Å². The van der Waals surface area contributed by atoms with Crippen LogP contribution in [-0.2, 0) is 4.79 Å². The van der Waals surface area contributed by atoms with E-state index in [0.717, 1.165) is 63.8 Å². The number of benzene rings is 1. The summed E-state index contributed by atoms with van der Waals surface area (Å²) in [6, 6.07) is 6.27. The number of ether oxygens (including phenoxy) is 1. The van der Waals surface area contributed by atoms with E-state index in [-0.39, 0.29) is 12.5 Å². The molecule has 0 atom stereocenters. The molecule has 4 rings (SSSR count). The van der Waals surface area contributed by atoms with E-state index in [2.05, 4.69) is 27.2 Å². The lowest BCUT2D eigenvalue weighted by Crippen LogP contribution is -2.45. The molecule has 25 heavy (non-hydrogen) atoms. The molecular formula is C19H28N4O2. The Hall–Kier alpha value is -1.79. The van der Waals surface area contributed by atoms with Crippen LogP contribution in [0.1, 0.15) is 19.3 Å². The number of carbonyl (C=O) groups is 1. The van der Waals surface area contributed by atoms with Crippen LogP contribution in [0.5, 0.6) is 5.75 Å². The number of nitrogens with one attached hydrogen (secondary N) is 1. The molecule has 0 aliphatic carbocycles. The molecule has 2 fully saturated rings. The monoisotopic (exact) mass is 344 g/mol. The number of hydrogen-bond donors (Lipinski definition) is 1. The molecule has 0 aromatic heterocycles. The van der Waals surface area contributed by atoms with Crippen LogP contribution >= 0.6 is 0 Å². The number of piperidine rings is 1. The Morgan fingerprint density at radius 2 is 1.80 bits per heavy atom. The minimum absolute atomic E-state index is 0.0713. The highest BCUT2D eigenvalue weighted by atomic mass is 16.5. The zero-order chi connectivity index (χ0) is 17.1. The van der Waals surface area contributed by atoms with Gasteiger partial charge in [-0.3, -0.25) is 4.79 Å². The van der Waals surface area contributed by atoms with Crippen molar-refractivity contribution in [3.05, 3.63) is 18.2 Å². The van der Waals surface area contributed by atoms with Gasteiger partial charge < -0.3 is 24.8 Å². The topological polar surface area (TPSA) is 48.1 Å². The third-order valence-corrected chi connectivity index (χ3v) is 5.46. The molecule has 2 saturated heterocycles. The van der Waals surface area contributed by atoms with Crippen LogP contribution in [-0.4, -0.2) is 69.8 Å². The zero-order valence-electron chi connectivity index (χ0n) is 14.9. The van der Waals surface area contributed by atoms with Gasteiger partial charge >= 0.3 is 0 Å². The SMILES string of the molecule is O=C1COc2ccc(N3CCNCC3)cc2N1CCN1CCCCC1. The summed E-state index contributed by atoms with van der Waals surface area (Å²) in [5.41, 5.74) is 2.12. The van der Waals surface area contributed by atoms with E-state index in [9.17, 15) is 4.79 Å². The van der Waals surface area contributed by atoms with Crippen molar-refractivity contribution in [2.45, 2.75) is 19.3 Å². The zero-order valence-corrected chi connectivity index (χ0v) is 14.9. The van der Waals surface area contributed by atoms with Crippen LogP contribution in [0.3, 0.4) is 0 Å². The standard InChI is InChI=1S/C19H28N4O2/c24-19-15-25-18-5-4-16(22-10-6-20-7-11-22)14-17(18)23(19)13-12-21-8-2-1-3-9-21/h4-5,14,20H,1-3,6-13,15H2. The molecule has 136 valence electrons. The van der Waals surface area contributed by atoms with Crippen LogP contribution in [0.4, 0.5) is 11.4 Å². The first-order valence-electron chi connectivity index (χ1n) is 9.56. The van der Waals surface area contributed by atoms with E-state index in [4.69, 9.17) is 4.74 Å². The number of fused-ring (bicyclic) bond motifs is 1. The Balaban J connectivity index is 1.50. The molecule has 0 spiro atoms. The smallest absolute Gasteiger partial charge is 0.265 e. The number of nitrogens with zero attached hydrogens (tertiary/aromatic N) is 3. The first-order valence-corrected chi connectivity index (χ1v) is 9.56. The van der Waals surface area contributed by atoms with E-state index in [1.807, 2.05) is 11.0 Å². The number of piperazine rings is 1. The van der Waals surface area contributed by atoms with Crippen LogP contribution in [0.15, 0.2) is 18.2 Å². The first-order chi connectivity index (χ1) is 12.3. The predicted molar refractivity (Wildman–Crippen MR) is 99.7 cm³/mol. The number of rotatable bonds is 4. The second kappa shape index (κ2) is 7.62. The summed E-state index contributed by atoms with van der Waals surface area (Å²) in [4.78, 5) is 19.3. The fraction of sp³-hybridized carbons (Fsp3) is 0.632. The summed E-state index contributed by atoms with van der Waals surface area (Å²) in [6.07, 6.45) is 3.89. The fourth-order valence-electron chi connectivity index (χ4n) is 3.98. The van der Waals surface area contributed by atoms with Gasteiger partial charge in [0.25, 0.3) is 5.91 Å². The Bertz CT molecular complexity index is 609. The van der Waals surface area contributed by atoms with Crippen LogP contribution in [0.25, 0.3) is 0 Å². The summed E-state index contributed by atoms with van der Waals surface area (Å²) in [7, 11) is 0. The highest BCUT2D eigenvalue weighted by Crippen LogP contribution is 2.35. The third-order valence-electron chi connectivity index (χ3n) is 5.46. The molecule has 6 heteroatoms. The quantitative estimate of drug-likeness (QED) is 0.892. The Morgan fingerprint density at radius 3 is 2.60 bits per heavy atom. The van der Waals surface area contributed by atoms with Crippen LogP contribution in [0, 0.1) is 0 Å². The predicted octanol–water partition coefficient (Wildman–Crippen LogP) is 1.31. The van der Waals surface area contributed by atoms with Crippen molar-refractivity contribution in [3.63, 3.8) is 0 Å². The Morgan fingerprint density at radius 1 is 1.00 bits per heavy atom. The van der Waals surface area contributed by atoms with Crippen molar-refractivity contribution in [3.8, 4) is 5.75 Å². The molecular weight excluding hydrogens is 316 g/mol. The van der Waals surface area contributed by atoms with Gasteiger partial charge in [0.1, 0.15) is 5.75 Å². The number of carbonyl (C=O) groups excluding carboxylic acids is 1. The van der Waals surface area contributed by atoms with Crippen molar-refractivity contribution in [1.29, 1.82) is 0 Å². The van der Waals surface area contributed by atoms with Gasteiger partial charge in [-0.2, -0.15) is 0 Å². The minimum atomic E-state index is 0.0713. The van der Waals surface area contributed by atoms with Crippen molar-refractivity contribution >= 4 is 17.3 Å². The largest absolute Gasteiger partial charge is 0.482 e. The maximum absolute atomic E-state index is 12.5. The van der Waals surface area contributed by atoms with Crippen molar-refractivity contribution in [2.24, 2.45) is 0 Å². The molecule has 1 N–H and O–H groups in total. The van der Waals surface area contributed by atoms with Gasteiger partial charge in [-0.25, -0.2) is 0 Å². The minimum Gasteiger partial charge on any atom is -0.482 e. The van der Waals surface area contributed by atoms with Gasteiger partial charge in [0.05, 0.1) is 5.69 Å². The molecule has 3 heterocycles. The molecule has 0 saturated carbocycles. The number of likely N-dealkylation sites (tertiary alicyclic amines) is 1. The molecule has 0 unspecified atom stereocenters. The van der Waals surface area contributed by atoms with Gasteiger partial charge in [-0.15, -0.1) is 0 Å². The second-order valence-corrected chi connectivity index (χ2v) is 7.13. The molecule has 1 aromatic carbocycles. The van der Waals surface area contributed by atoms with Crippen LogP contribution in [0.2, 0.25) is 0 Å². The van der Waals surface area contributed by atoms with Gasteiger partial charge in [-0.05, 0) is 44.1 Å². The average Bonchev–Trinajstić information content (AvgIpc) is 2.68. The molecule has 0 bridgehead atoms. The maximum atomic E-state index is 12.5. The lowest BCUT2D eigenvalue weighted by molar-refractivity contribution is -0.121. The average molecular weight is 344 g/mol. The highest BCUT2D eigenvalue weighted by molar-refractivity contribution is 5.98. The van der Waals surface area contributed by atoms with E-state index in [0.29, 0.717) is 0 Å². The van der Waals surface area contributed by atoms with Gasteiger partial charge in [0.15, 0.2) is 6.61 Å². The summed E-state index contributed by atoms with van der Waals surface area (Å²) < 4.78 is 5.66. The van der Waals surface area contributed by atoms with E-state index < -0.39 is 0 Å². The lowest BCUT2D eigenvalue weighted by atomic mass is 10.1. The second-order valence-electron chi connectivity index (χ2n) is 7.13. The molecule has 1 amide bonds. The summed E-state index contributed by atoms with van der Waals surface area (Å²) in [5.74, 6) is 0.902. The third kappa shape index (κ3) is 3.75. The van der Waals surface area contributed by atoms with Gasteiger partial charge in [0.2, 0.25) is 0 Å². The fourth-order valence-corrected chi connectivity index (χ4v) is 3.98. The molecule has 3 aliphatic rings. The van der Waals surface area contributed by atoms with Gasteiger partial charge in [0, 0.05) is 45.0 Å². The number of amides is 1. The van der Waals surface area contributed by atoms with E-state index >= 15 is 0 Å². The normalized spacial score (nSPS) is 21.8. The Labute approximate surface area is 149 Å². The number of hydrogen-bond acceptors (Lipinski definition) is 5. The van der Waals surface area contributed by atoms with Crippen LogP contribution < -0.4 is 19.9 Å². The summed E-state index contributed by atoms with van der Waals surface area (Å²) in [6.45, 7) is 8.18. The Kier molecular flexibility index (Phi) is 5.08. The molecule has 6 nitrogen and oxygen atoms in total. The van der Waals surface area contributed by atoms with Gasteiger partial charge in [-0.1, -0.05) is 6.42 Å². The van der Waals surface area contributed by atoms with E-state index in [1.54, 1.807) is 0 Å². The number of anilines is 2. The molecule has 3 aliphatic heterocycles.